The Balaban J connectivity index is 2.91. The summed E-state index contributed by atoms with van der Waals surface area (Å²) in [7, 11) is 0. The van der Waals surface area contributed by atoms with E-state index in [1.807, 2.05) is 13.8 Å². The molecule has 0 fully saturated rings. The Labute approximate surface area is 59.5 Å². The lowest BCUT2D eigenvalue weighted by Crippen LogP contribution is -1.79. The van der Waals surface area contributed by atoms with Crippen LogP contribution in [0.4, 0.5) is 5.82 Å². The van der Waals surface area contributed by atoms with Crippen molar-refractivity contribution in [3.05, 3.63) is 23.2 Å². The Morgan fingerprint density at radius 2 is 2.40 bits per heavy atom. The Morgan fingerprint density at radius 3 is 2.70 bits per heavy atom. The minimum Gasteiger partial charge on any atom is -0.357 e. The van der Waals surface area contributed by atoms with Gasteiger partial charge in [0.1, 0.15) is 0 Å². The van der Waals surface area contributed by atoms with Crippen molar-refractivity contribution in [1.29, 1.82) is 0 Å². The monoisotopic (exact) mass is 136 g/mol. The molecule has 0 amide bonds. The average Bonchev–Trinajstić information content (AvgIpc) is 2.34. The predicted octanol–water partition coefficient (Wildman–Crippen LogP) is 2.35. The summed E-state index contributed by atoms with van der Waals surface area (Å²) in [5, 5.41) is 3.53. The summed E-state index contributed by atoms with van der Waals surface area (Å²) in [5.41, 5.74) is 0. The summed E-state index contributed by atoms with van der Waals surface area (Å²) < 4.78 is 4.85. The number of rotatable bonds is 1. The third-order valence-electron chi connectivity index (χ3n) is 1.20. The second-order valence-electron chi connectivity index (χ2n) is 2.35. The van der Waals surface area contributed by atoms with Crippen LogP contribution in [0.2, 0.25) is 0 Å². The Kier molecular flexibility index (Phi) is 1.72. The van der Waals surface area contributed by atoms with Gasteiger partial charge < -0.3 is 4.85 Å². The SMILES string of the molecule is [C-]#[N+]c1cc(C(C)C)on1. The highest BCUT2D eigenvalue weighted by Gasteiger charge is 2.07. The molecular weight excluding hydrogens is 128 g/mol. The first-order valence-electron chi connectivity index (χ1n) is 3.08. The van der Waals surface area contributed by atoms with Crippen molar-refractivity contribution < 1.29 is 4.52 Å². The number of hydrogen-bond donors (Lipinski definition) is 0. The van der Waals surface area contributed by atoms with Crippen molar-refractivity contribution in [2.75, 3.05) is 0 Å². The first kappa shape index (κ1) is 6.81. The maximum absolute atomic E-state index is 6.60. The van der Waals surface area contributed by atoms with Crippen molar-refractivity contribution in [3.63, 3.8) is 0 Å². The summed E-state index contributed by atoms with van der Waals surface area (Å²) in [5.74, 6) is 1.41. The Hall–Kier alpha value is -1.30. The summed E-state index contributed by atoms with van der Waals surface area (Å²) in [6.07, 6.45) is 0. The van der Waals surface area contributed by atoms with Crippen LogP contribution >= 0.6 is 0 Å². The van der Waals surface area contributed by atoms with Crippen LogP contribution in [0.25, 0.3) is 4.85 Å². The van der Waals surface area contributed by atoms with E-state index in [2.05, 4.69) is 10.0 Å². The molecule has 0 radical (unpaired) electrons. The molecule has 10 heavy (non-hydrogen) atoms. The molecule has 0 aliphatic heterocycles. The van der Waals surface area contributed by atoms with E-state index < -0.39 is 0 Å². The lowest BCUT2D eigenvalue weighted by atomic mass is 10.2. The van der Waals surface area contributed by atoms with Crippen LogP contribution in [-0.2, 0) is 0 Å². The number of nitrogens with zero attached hydrogens (tertiary/aromatic N) is 2. The van der Waals surface area contributed by atoms with Crippen molar-refractivity contribution in [2.24, 2.45) is 0 Å². The molecule has 0 N–H and O–H groups in total. The minimum absolute atomic E-state index is 0.308. The molecule has 1 aromatic heterocycles. The molecule has 3 nitrogen and oxygen atoms in total. The maximum atomic E-state index is 6.60. The zero-order chi connectivity index (χ0) is 7.56. The van der Waals surface area contributed by atoms with Crippen LogP contribution in [0.1, 0.15) is 25.5 Å². The van der Waals surface area contributed by atoms with Gasteiger partial charge in [-0.3, -0.25) is 4.52 Å². The zero-order valence-electron chi connectivity index (χ0n) is 5.96. The second kappa shape index (κ2) is 2.53. The van der Waals surface area contributed by atoms with Gasteiger partial charge in [-0.05, 0) is 0 Å². The van der Waals surface area contributed by atoms with Crippen LogP contribution in [0.5, 0.6) is 0 Å². The molecule has 0 aromatic carbocycles. The van der Waals surface area contributed by atoms with Gasteiger partial charge in [0.05, 0.1) is 5.16 Å². The van der Waals surface area contributed by atoms with E-state index in [9.17, 15) is 0 Å². The first-order valence-corrected chi connectivity index (χ1v) is 3.08. The Bertz CT molecular complexity index is 257. The van der Waals surface area contributed by atoms with Gasteiger partial charge in [-0.1, -0.05) is 20.4 Å². The lowest BCUT2D eigenvalue weighted by Gasteiger charge is -1.91. The molecule has 0 saturated heterocycles. The summed E-state index contributed by atoms with van der Waals surface area (Å²) in [4.78, 5) is 3.12. The summed E-state index contributed by atoms with van der Waals surface area (Å²) in [6, 6.07) is 1.66. The van der Waals surface area contributed by atoms with Gasteiger partial charge in [0.15, 0.2) is 5.76 Å². The molecule has 0 atom stereocenters. The predicted molar refractivity (Wildman–Crippen MR) is 36.9 cm³/mol. The molecule has 1 heterocycles. The van der Waals surface area contributed by atoms with Gasteiger partial charge in [-0.15, -0.1) is 0 Å². The standard InChI is InChI=1S/C7H8N2O/c1-5(2)6-4-7(8-3)9-10-6/h4-5H,1-2H3. The lowest BCUT2D eigenvalue weighted by molar-refractivity contribution is 0.374. The quantitative estimate of drug-likeness (QED) is 0.555. The van der Waals surface area contributed by atoms with E-state index in [4.69, 9.17) is 11.1 Å². The largest absolute Gasteiger partial charge is 0.357 e. The minimum atomic E-state index is 0.308. The van der Waals surface area contributed by atoms with E-state index >= 15 is 0 Å². The van der Waals surface area contributed by atoms with E-state index in [-0.39, 0.29) is 0 Å². The normalized spacial score (nSPS) is 9.80. The number of hydrogen-bond acceptors (Lipinski definition) is 2. The smallest absolute Gasteiger partial charge is 0.318 e. The average molecular weight is 136 g/mol. The summed E-state index contributed by atoms with van der Waals surface area (Å²) in [6.45, 7) is 10.6. The fourth-order valence-electron chi connectivity index (χ4n) is 0.604. The van der Waals surface area contributed by atoms with E-state index in [1.54, 1.807) is 6.07 Å². The van der Waals surface area contributed by atoms with Crippen molar-refractivity contribution >= 4 is 5.82 Å². The van der Waals surface area contributed by atoms with Gasteiger partial charge in [0, 0.05) is 12.0 Å². The molecule has 1 aromatic rings. The molecule has 0 spiro atoms. The van der Waals surface area contributed by atoms with Crippen LogP contribution in [-0.4, -0.2) is 5.16 Å². The van der Waals surface area contributed by atoms with Gasteiger partial charge in [0.25, 0.3) is 0 Å². The summed E-state index contributed by atoms with van der Waals surface area (Å²) >= 11 is 0. The third kappa shape index (κ3) is 1.16. The molecule has 52 valence electrons. The van der Waals surface area contributed by atoms with Crippen LogP contribution < -0.4 is 0 Å². The van der Waals surface area contributed by atoms with Crippen molar-refractivity contribution in [1.82, 2.24) is 5.16 Å². The number of aromatic nitrogens is 1. The van der Waals surface area contributed by atoms with Gasteiger partial charge in [-0.25, -0.2) is 0 Å². The zero-order valence-corrected chi connectivity index (χ0v) is 5.96. The topological polar surface area (TPSA) is 30.4 Å². The third-order valence-corrected chi connectivity index (χ3v) is 1.20. The first-order chi connectivity index (χ1) is 4.74. The van der Waals surface area contributed by atoms with Crippen LogP contribution in [0, 0.1) is 6.57 Å². The molecule has 3 heteroatoms. The van der Waals surface area contributed by atoms with E-state index in [0.717, 1.165) is 5.76 Å². The highest BCUT2D eigenvalue weighted by Crippen LogP contribution is 2.19. The van der Waals surface area contributed by atoms with Gasteiger partial charge >= 0.3 is 5.82 Å². The molecular formula is C7H8N2O. The highest BCUT2D eigenvalue weighted by atomic mass is 16.5. The fraction of sp³-hybridized carbons (Fsp3) is 0.429. The van der Waals surface area contributed by atoms with Gasteiger partial charge in [-0.2, -0.15) is 0 Å². The second-order valence-corrected chi connectivity index (χ2v) is 2.35. The van der Waals surface area contributed by atoms with Gasteiger partial charge in [0.2, 0.25) is 0 Å². The van der Waals surface area contributed by atoms with E-state index in [0.29, 0.717) is 11.7 Å². The van der Waals surface area contributed by atoms with E-state index in [1.165, 1.54) is 0 Å². The van der Waals surface area contributed by atoms with Crippen LogP contribution in [0.15, 0.2) is 10.6 Å². The van der Waals surface area contributed by atoms with Crippen molar-refractivity contribution in [3.8, 4) is 0 Å². The fourth-order valence-corrected chi connectivity index (χ4v) is 0.604. The molecule has 0 bridgehead atoms. The molecule has 1 rings (SSSR count). The highest BCUT2D eigenvalue weighted by molar-refractivity contribution is 5.34. The molecule has 0 unspecified atom stereocenters. The molecule has 0 aliphatic carbocycles. The van der Waals surface area contributed by atoms with Crippen molar-refractivity contribution in [2.45, 2.75) is 19.8 Å². The maximum Gasteiger partial charge on any atom is 0.318 e. The molecule has 0 saturated carbocycles. The van der Waals surface area contributed by atoms with Crippen LogP contribution in [0.3, 0.4) is 0 Å². The molecule has 0 aliphatic rings. The Morgan fingerprint density at radius 1 is 1.70 bits per heavy atom.